The molecular formula is C18H31N3. The maximum Gasteiger partial charge on any atom is 0.0233 e. The minimum absolute atomic E-state index is 0.676. The van der Waals surface area contributed by atoms with Crippen molar-refractivity contribution in [2.24, 2.45) is 0 Å². The number of nitrogens with one attached hydrogen (secondary N) is 2. The summed E-state index contributed by atoms with van der Waals surface area (Å²) >= 11 is 0. The fourth-order valence-electron chi connectivity index (χ4n) is 2.95. The summed E-state index contributed by atoms with van der Waals surface area (Å²) in [6.07, 6.45) is 3.84. The van der Waals surface area contributed by atoms with Crippen molar-refractivity contribution < 1.29 is 0 Å². The van der Waals surface area contributed by atoms with E-state index < -0.39 is 0 Å². The average Bonchev–Trinajstić information content (AvgIpc) is 2.80. The monoisotopic (exact) mass is 289 g/mol. The van der Waals surface area contributed by atoms with E-state index in [4.69, 9.17) is 0 Å². The summed E-state index contributed by atoms with van der Waals surface area (Å²) in [5.41, 5.74) is 2.82. The zero-order valence-electron chi connectivity index (χ0n) is 13.7. The van der Waals surface area contributed by atoms with E-state index in [0.29, 0.717) is 6.04 Å². The highest BCUT2D eigenvalue weighted by Crippen LogP contribution is 2.10. The topological polar surface area (TPSA) is 27.3 Å². The first kappa shape index (κ1) is 16.5. The molecule has 0 amide bonds. The van der Waals surface area contributed by atoms with Gasteiger partial charge >= 0.3 is 0 Å². The van der Waals surface area contributed by atoms with Crippen molar-refractivity contribution in [1.82, 2.24) is 15.5 Å². The highest BCUT2D eigenvalue weighted by Gasteiger charge is 2.10. The molecule has 2 N–H and O–H groups in total. The van der Waals surface area contributed by atoms with Gasteiger partial charge in [0.1, 0.15) is 0 Å². The normalized spacial score (nSPS) is 19.7. The molecule has 118 valence electrons. The van der Waals surface area contributed by atoms with Crippen LogP contribution in [0.5, 0.6) is 0 Å². The van der Waals surface area contributed by atoms with Gasteiger partial charge in [-0.15, -0.1) is 0 Å². The van der Waals surface area contributed by atoms with Gasteiger partial charge in [0.25, 0.3) is 0 Å². The molecule has 0 aromatic heterocycles. The molecule has 1 unspecified atom stereocenters. The minimum Gasteiger partial charge on any atom is -0.317 e. The average molecular weight is 289 g/mol. The minimum atomic E-state index is 0.676. The Labute approximate surface area is 130 Å². The van der Waals surface area contributed by atoms with Crippen LogP contribution in [0.3, 0.4) is 0 Å². The highest BCUT2D eigenvalue weighted by molar-refractivity contribution is 5.22. The van der Waals surface area contributed by atoms with Gasteiger partial charge in [0.15, 0.2) is 0 Å². The number of hydrogen-bond acceptors (Lipinski definition) is 3. The number of benzene rings is 1. The van der Waals surface area contributed by atoms with Gasteiger partial charge < -0.3 is 10.6 Å². The van der Waals surface area contributed by atoms with Crippen molar-refractivity contribution in [3.05, 3.63) is 35.4 Å². The third-order valence-electron chi connectivity index (χ3n) is 4.49. The van der Waals surface area contributed by atoms with Gasteiger partial charge in [-0.05, 0) is 56.6 Å². The van der Waals surface area contributed by atoms with E-state index in [-0.39, 0.29) is 0 Å². The molecule has 3 heteroatoms. The highest BCUT2D eigenvalue weighted by atomic mass is 15.1. The van der Waals surface area contributed by atoms with Crippen molar-refractivity contribution in [2.45, 2.75) is 52.2 Å². The lowest BCUT2D eigenvalue weighted by molar-refractivity contribution is 0.296. The molecule has 0 aliphatic carbocycles. The molecule has 3 nitrogen and oxygen atoms in total. The molecule has 1 heterocycles. The van der Waals surface area contributed by atoms with Crippen LogP contribution >= 0.6 is 0 Å². The van der Waals surface area contributed by atoms with Crippen LogP contribution in [0.1, 0.15) is 44.2 Å². The van der Waals surface area contributed by atoms with Crippen LogP contribution in [0, 0.1) is 0 Å². The SMILES string of the molecule is CCN(CC)Cc1ccc(CNC2CCCNCC2)cc1. The molecule has 1 aliphatic rings. The van der Waals surface area contributed by atoms with E-state index in [1.54, 1.807) is 0 Å². The van der Waals surface area contributed by atoms with E-state index in [0.717, 1.165) is 32.7 Å². The van der Waals surface area contributed by atoms with Gasteiger partial charge in [0.05, 0.1) is 0 Å². The number of rotatable bonds is 7. The maximum atomic E-state index is 3.71. The molecule has 1 saturated heterocycles. The first-order valence-electron chi connectivity index (χ1n) is 8.56. The van der Waals surface area contributed by atoms with Crippen molar-refractivity contribution in [3.8, 4) is 0 Å². The van der Waals surface area contributed by atoms with Crippen LogP contribution in [-0.4, -0.2) is 37.1 Å². The van der Waals surface area contributed by atoms with Gasteiger partial charge in [0.2, 0.25) is 0 Å². The molecule has 21 heavy (non-hydrogen) atoms. The molecule has 0 saturated carbocycles. The molecule has 1 aliphatic heterocycles. The third-order valence-corrected chi connectivity index (χ3v) is 4.49. The Kier molecular flexibility index (Phi) is 7.20. The summed E-state index contributed by atoms with van der Waals surface area (Å²) in [6, 6.07) is 9.80. The Morgan fingerprint density at radius 1 is 1.05 bits per heavy atom. The zero-order valence-corrected chi connectivity index (χ0v) is 13.7. The van der Waals surface area contributed by atoms with E-state index in [9.17, 15) is 0 Å². The van der Waals surface area contributed by atoms with E-state index in [1.165, 1.54) is 36.9 Å². The molecule has 0 bridgehead atoms. The third kappa shape index (κ3) is 5.77. The molecular weight excluding hydrogens is 258 g/mol. The van der Waals surface area contributed by atoms with Crippen LogP contribution in [0.2, 0.25) is 0 Å². The van der Waals surface area contributed by atoms with Gasteiger partial charge in [-0.25, -0.2) is 0 Å². The number of nitrogens with zero attached hydrogens (tertiary/aromatic N) is 1. The van der Waals surface area contributed by atoms with Crippen LogP contribution in [0.4, 0.5) is 0 Å². The Bertz CT molecular complexity index is 376. The summed E-state index contributed by atoms with van der Waals surface area (Å²) in [5, 5.41) is 7.18. The Morgan fingerprint density at radius 2 is 1.76 bits per heavy atom. The summed E-state index contributed by atoms with van der Waals surface area (Å²) in [4.78, 5) is 2.45. The van der Waals surface area contributed by atoms with Gasteiger partial charge in [-0.1, -0.05) is 38.1 Å². The van der Waals surface area contributed by atoms with E-state index in [2.05, 4.69) is 53.6 Å². The maximum absolute atomic E-state index is 3.71. The summed E-state index contributed by atoms with van der Waals surface area (Å²) in [6.45, 7) is 11.1. The molecule has 1 aromatic rings. The number of hydrogen-bond donors (Lipinski definition) is 2. The van der Waals surface area contributed by atoms with Crippen LogP contribution < -0.4 is 10.6 Å². The predicted molar refractivity (Wildman–Crippen MR) is 90.4 cm³/mol. The van der Waals surface area contributed by atoms with Crippen molar-refractivity contribution in [1.29, 1.82) is 0 Å². The van der Waals surface area contributed by atoms with Crippen molar-refractivity contribution in [2.75, 3.05) is 26.2 Å². The summed E-state index contributed by atoms with van der Waals surface area (Å²) in [7, 11) is 0. The molecule has 1 atom stereocenters. The van der Waals surface area contributed by atoms with Gasteiger partial charge in [-0.3, -0.25) is 4.90 Å². The fraction of sp³-hybridized carbons (Fsp3) is 0.667. The second kappa shape index (κ2) is 9.19. The van der Waals surface area contributed by atoms with Gasteiger partial charge in [0, 0.05) is 19.1 Å². The molecule has 2 rings (SSSR count). The van der Waals surface area contributed by atoms with Crippen LogP contribution in [-0.2, 0) is 13.1 Å². The van der Waals surface area contributed by atoms with Gasteiger partial charge in [-0.2, -0.15) is 0 Å². The smallest absolute Gasteiger partial charge is 0.0233 e. The Balaban J connectivity index is 1.78. The molecule has 1 fully saturated rings. The Hall–Kier alpha value is -0.900. The quantitative estimate of drug-likeness (QED) is 0.808. The second-order valence-electron chi connectivity index (χ2n) is 6.04. The summed E-state index contributed by atoms with van der Waals surface area (Å²) < 4.78 is 0. The molecule has 0 spiro atoms. The second-order valence-corrected chi connectivity index (χ2v) is 6.04. The largest absolute Gasteiger partial charge is 0.317 e. The lowest BCUT2D eigenvalue weighted by atomic mass is 10.1. The first-order chi connectivity index (χ1) is 10.3. The lowest BCUT2D eigenvalue weighted by Gasteiger charge is -2.18. The van der Waals surface area contributed by atoms with Crippen LogP contribution in [0.25, 0.3) is 0 Å². The lowest BCUT2D eigenvalue weighted by Crippen LogP contribution is -2.29. The predicted octanol–water partition coefficient (Wildman–Crippen LogP) is 2.76. The van der Waals surface area contributed by atoms with Crippen LogP contribution in [0.15, 0.2) is 24.3 Å². The standard InChI is InChI=1S/C18H31N3/c1-3-21(4-2)15-17-9-7-16(8-10-17)14-20-18-6-5-12-19-13-11-18/h7-10,18-20H,3-6,11-15H2,1-2H3. The summed E-state index contributed by atoms with van der Waals surface area (Å²) in [5.74, 6) is 0. The zero-order chi connectivity index (χ0) is 14.9. The van der Waals surface area contributed by atoms with E-state index >= 15 is 0 Å². The molecule has 0 radical (unpaired) electrons. The van der Waals surface area contributed by atoms with E-state index in [1.807, 2.05) is 0 Å². The molecule has 1 aromatic carbocycles. The van der Waals surface area contributed by atoms with Crippen molar-refractivity contribution >= 4 is 0 Å². The van der Waals surface area contributed by atoms with Crippen molar-refractivity contribution in [3.63, 3.8) is 0 Å². The first-order valence-corrected chi connectivity index (χ1v) is 8.56. The fourth-order valence-corrected chi connectivity index (χ4v) is 2.95. The Morgan fingerprint density at radius 3 is 2.48 bits per heavy atom.